The van der Waals surface area contributed by atoms with E-state index >= 15 is 0 Å². The molecule has 0 bridgehead atoms. The van der Waals surface area contributed by atoms with E-state index in [1.807, 2.05) is 0 Å². The van der Waals surface area contributed by atoms with Crippen molar-refractivity contribution in [2.75, 3.05) is 0 Å². The molecule has 0 heterocycles. The molecule has 0 aliphatic rings. The molecule has 5 aromatic rings. The van der Waals surface area contributed by atoms with E-state index in [0.29, 0.717) is 11.7 Å². The minimum absolute atomic E-state index is 0.210. The minimum atomic E-state index is -0.673. The number of benzene rings is 5. The fourth-order valence-electron chi connectivity index (χ4n) is 6.60. The van der Waals surface area contributed by atoms with E-state index in [1.165, 1.54) is 37.9 Å². The van der Waals surface area contributed by atoms with Gasteiger partial charge in [-0.05, 0) is 71.5 Å². The minimum Gasteiger partial charge on any atom is -0.507 e. The summed E-state index contributed by atoms with van der Waals surface area (Å²) in [4.78, 5) is 0. The molecule has 0 fully saturated rings. The van der Waals surface area contributed by atoms with Gasteiger partial charge in [-0.1, -0.05) is 163 Å². The molecule has 5 rings (SSSR count). The lowest BCUT2D eigenvalue weighted by Gasteiger charge is -2.33. The van der Waals surface area contributed by atoms with Crippen molar-refractivity contribution in [1.82, 2.24) is 0 Å². The Kier molecular flexibility index (Phi) is 10.7. The predicted octanol–water partition coefficient (Wildman–Crippen LogP) is 10.0. The lowest BCUT2D eigenvalue weighted by Crippen LogP contribution is -2.19. The molecule has 5 aromatic carbocycles. The number of phenolic OH excluding ortho intramolecular Hbond substituents is 1. The van der Waals surface area contributed by atoms with Crippen LogP contribution in [0.25, 0.3) is 0 Å². The topological polar surface area (TPSA) is 20.2 Å². The molecule has 1 nitrogen and oxygen atoms in total. The molecular formula is C41H46OP2. The molecule has 0 radical (unpaired) electrons. The molecule has 0 aromatic heterocycles. The number of hydrogen-bond acceptors (Lipinski definition) is 1. The van der Waals surface area contributed by atoms with Crippen LogP contribution in [0.15, 0.2) is 121 Å². The molecule has 0 saturated heterocycles. The molecular weight excluding hydrogens is 570 g/mol. The van der Waals surface area contributed by atoms with Gasteiger partial charge in [-0.3, -0.25) is 0 Å². The van der Waals surface area contributed by atoms with Crippen LogP contribution in [-0.4, -0.2) is 5.11 Å². The average molecular weight is 617 g/mol. The van der Waals surface area contributed by atoms with Crippen LogP contribution in [0.5, 0.6) is 5.75 Å². The van der Waals surface area contributed by atoms with E-state index in [1.54, 1.807) is 0 Å². The van der Waals surface area contributed by atoms with Crippen LogP contribution in [0.3, 0.4) is 0 Å². The Morgan fingerprint density at radius 1 is 0.409 bits per heavy atom. The molecule has 0 atom stereocenters. The Balaban J connectivity index is 1.78. The monoisotopic (exact) mass is 616 g/mol. The van der Waals surface area contributed by atoms with Crippen molar-refractivity contribution in [2.24, 2.45) is 0 Å². The van der Waals surface area contributed by atoms with Gasteiger partial charge in [0, 0.05) is 23.5 Å². The highest BCUT2D eigenvalue weighted by Gasteiger charge is 2.31. The Bertz CT molecular complexity index is 1430. The van der Waals surface area contributed by atoms with Crippen molar-refractivity contribution in [3.05, 3.63) is 149 Å². The van der Waals surface area contributed by atoms with Crippen LogP contribution < -0.4 is 21.2 Å². The molecule has 1 N–H and O–H groups in total. The number of hydrogen-bond donors (Lipinski definition) is 1. The van der Waals surface area contributed by atoms with Gasteiger partial charge >= 0.3 is 0 Å². The molecule has 3 heteroatoms. The van der Waals surface area contributed by atoms with Crippen molar-refractivity contribution in [2.45, 2.75) is 71.6 Å². The third-order valence-electron chi connectivity index (χ3n) is 8.45. The summed E-state index contributed by atoms with van der Waals surface area (Å²) in [6.07, 6.45) is 1.83. The lowest BCUT2D eigenvalue weighted by molar-refractivity contribution is 0.451. The van der Waals surface area contributed by atoms with Gasteiger partial charge in [0.05, 0.1) is 0 Å². The molecule has 44 heavy (non-hydrogen) atoms. The van der Waals surface area contributed by atoms with Crippen LogP contribution in [0.4, 0.5) is 0 Å². The van der Waals surface area contributed by atoms with E-state index in [9.17, 15) is 5.11 Å². The SMILES string of the molecule is CC(C)c1c(O)c(C(C)C)c(CP(c2ccccc2)c2ccccc2)c(C(C)C)c1CP(c1ccccc1)c1ccccc1. The summed E-state index contributed by atoms with van der Waals surface area (Å²) in [6, 6.07) is 44.1. The second kappa shape index (κ2) is 14.7. The number of aromatic hydroxyl groups is 1. The van der Waals surface area contributed by atoms with Crippen LogP contribution in [0, 0.1) is 0 Å². The van der Waals surface area contributed by atoms with Crippen molar-refractivity contribution in [3.63, 3.8) is 0 Å². The van der Waals surface area contributed by atoms with Crippen LogP contribution in [0.1, 0.15) is 87.1 Å². The predicted molar refractivity (Wildman–Crippen MR) is 196 cm³/mol. The standard InChI is InChI=1S/C41H46OP2/c1-29(2)38-36(27-43(32-19-11-7-12-20-32)33-21-13-8-14-22-33)39(30(3)4)41(42)40(31(5)6)37(38)28-44(34-23-15-9-16-24-34)35-25-17-10-18-26-35/h7-26,29-31,42H,27-28H2,1-6H3. The highest BCUT2D eigenvalue weighted by molar-refractivity contribution is 7.72. The van der Waals surface area contributed by atoms with E-state index in [-0.39, 0.29) is 11.8 Å². The molecule has 0 spiro atoms. The van der Waals surface area contributed by atoms with Crippen molar-refractivity contribution in [3.8, 4) is 5.75 Å². The Hall–Kier alpha value is -3.24. The van der Waals surface area contributed by atoms with Gasteiger partial charge < -0.3 is 5.11 Å². The summed E-state index contributed by atoms with van der Waals surface area (Å²) >= 11 is 0. The van der Waals surface area contributed by atoms with E-state index in [4.69, 9.17) is 0 Å². The van der Waals surface area contributed by atoms with Gasteiger partial charge in [0.15, 0.2) is 0 Å². The fourth-order valence-corrected chi connectivity index (χ4v) is 11.4. The summed E-state index contributed by atoms with van der Waals surface area (Å²) < 4.78 is 0. The van der Waals surface area contributed by atoms with Crippen molar-refractivity contribution < 1.29 is 5.11 Å². The average Bonchev–Trinajstić information content (AvgIpc) is 3.03. The van der Waals surface area contributed by atoms with Crippen LogP contribution in [0.2, 0.25) is 0 Å². The van der Waals surface area contributed by atoms with Crippen molar-refractivity contribution >= 4 is 37.1 Å². The molecule has 226 valence electrons. The highest BCUT2D eigenvalue weighted by atomic mass is 31.1. The first-order chi connectivity index (χ1) is 21.3. The van der Waals surface area contributed by atoms with Gasteiger partial charge in [-0.25, -0.2) is 0 Å². The first-order valence-electron chi connectivity index (χ1n) is 15.9. The largest absolute Gasteiger partial charge is 0.507 e. The lowest BCUT2D eigenvalue weighted by atomic mass is 9.80. The molecule has 0 aliphatic carbocycles. The first-order valence-corrected chi connectivity index (χ1v) is 19.0. The molecule has 0 amide bonds. The fraction of sp³-hybridized carbons (Fsp3) is 0.268. The second-order valence-corrected chi connectivity index (χ2v) is 16.9. The van der Waals surface area contributed by atoms with Gasteiger partial charge in [0.25, 0.3) is 0 Å². The zero-order valence-corrected chi connectivity index (χ0v) is 28.8. The molecule has 0 saturated carbocycles. The zero-order valence-electron chi connectivity index (χ0n) is 27.0. The summed E-state index contributed by atoms with van der Waals surface area (Å²) in [5.41, 5.74) is 6.46. The zero-order chi connectivity index (χ0) is 31.2. The Morgan fingerprint density at radius 3 is 0.886 bits per heavy atom. The smallest absolute Gasteiger partial charge is 0.123 e. The van der Waals surface area contributed by atoms with Gasteiger partial charge in [0.2, 0.25) is 0 Å². The Labute approximate surface area is 267 Å². The third-order valence-corrected chi connectivity index (χ3v) is 13.4. The van der Waals surface area contributed by atoms with Crippen LogP contribution >= 0.6 is 15.8 Å². The summed E-state index contributed by atoms with van der Waals surface area (Å²) in [5, 5.41) is 17.8. The van der Waals surface area contributed by atoms with E-state index in [0.717, 1.165) is 23.5 Å². The number of phenols is 1. The van der Waals surface area contributed by atoms with Gasteiger partial charge in [-0.2, -0.15) is 0 Å². The quantitative estimate of drug-likeness (QED) is 0.147. The second-order valence-electron chi connectivity index (χ2n) is 12.5. The van der Waals surface area contributed by atoms with Crippen molar-refractivity contribution in [1.29, 1.82) is 0 Å². The maximum atomic E-state index is 12.3. The molecule has 0 aliphatic heterocycles. The van der Waals surface area contributed by atoms with Crippen LogP contribution in [-0.2, 0) is 12.3 Å². The Morgan fingerprint density at radius 2 is 0.659 bits per heavy atom. The first kappa shape index (κ1) is 32.2. The summed E-state index contributed by atoms with van der Waals surface area (Å²) in [5.74, 6) is 1.27. The maximum absolute atomic E-state index is 12.3. The van der Waals surface area contributed by atoms with E-state index < -0.39 is 15.8 Å². The number of rotatable bonds is 11. The normalized spacial score (nSPS) is 11.8. The summed E-state index contributed by atoms with van der Waals surface area (Å²) in [7, 11) is -1.35. The van der Waals surface area contributed by atoms with Gasteiger partial charge in [-0.15, -0.1) is 0 Å². The maximum Gasteiger partial charge on any atom is 0.123 e. The van der Waals surface area contributed by atoms with E-state index in [2.05, 4.69) is 163 Å². The molecule has 0 unspecified atom stereocenters. The summed E-state index contributed by atoms with van der Waals surface area (Å²) in [6.45, 7) is 13.7. The highest BCUT2D eigenvalue weighted by Crippen LogP contribution is 2.51. The van der Waals surface area contributed by atoms with Gasteiger partial charge in [0.1, 0.15) is 5.75 Å². The third kappa shape index (κ3) is 7.01.